The smallest absolute Gasteiger partial charge is 0.194 e. The highest BCUT2D eigenvalue weighted by Gasteiger charge is 2.25. The van der Waals surface area contributed by atoms with E-state index in [1.807, 2.05) is 30.3 Å². The van der Waals surface area contributed by atoms with Crippen LogP contribution < -0.4 is 0 Å². The largest absolute Gasteiger partial charge is 0.204 e. The average molecular weight is 429 g/mol. The lowest BCUT2D eigenvalue weighted by atomic mass is 9.76. The summed E-state index contributed by atoms with van der Waals surface area (Å²) in [5.74, 6) is -2.83. The topological polar surface area (TPSA) is 24.7 Å². The highest BCUT2D eigenvalue weighted by Crippen LogP contribution is 2.34. The molecule has 166 valence electrons. The summed E-state index contributed by atoms with van der Waals surface area (Å²) in [5.41, 5.74) is 2.07. The Balaban J connectivity index is 1.70. The summed E-state index contributed by atoms with van der Waals surface area (Å²) in [5, 5.41) is 8.56. The molecule has 5 heteroatoms. The fourth-order valence-corrected chi connectivity index (χ4v) is 4.38. The SMILES string of the molecule is CCCCCCC1CCC(C(=NN=Cc2cc(F)c(F)c(F)c2)c2ccccc2)CC1. The lowest BCUT2D eigenvalue weighted by Crippen LogP contribution is -2.22. The van der Waals surface area contributed by atoms with Gasteiger partial charge in [0.25, 0.3) is 0 Å². The second-order valence-electron chi connectivity index (χ2n) is 8.46. The van der Waals surface area contributed by atoms with E-state index in [2.05, 4.69) is 17.1 Å². The molecule has 1 aliphatic rings. The minimum Gasteiger partial charge on any atom is -0.204 e. The van der Waals surface area contributed by atoms with Gasteiger partial charge in [-0.3, -0.25) is 0 Å². The third-order valence-electron chi connectivity index (χ3n) is 6.15. The van der Waals surface area contributed by atoms with Gasteiger partial charge in [0.2, 0.25) is 0 Å². The lowest BCUT2D eigenvalue weighted by Gasteiger charge is -2.29. The number of rotatable bonds is 9. The van der Waals surface area contributed by atoms with Crippen LogP contribution in [0, 0.1) is 29.3 Å². The van der Waals surface area contributed by atoms with Crippen molar-refractivity contribution in [2.75, 3.05) is 0 Å². The quantitative estimate of drug-likeness (QED) is 0.169. The van der Waals surface area contributed by atoms with Crippen molar-refractivity contribution in [2.45, 2.75) is 64.7 Å². The zero-order valence-electron chi connectivity index (χ0n) is 18.2. The van der Waals surface area contributed by atoms with Crippen molar-refractivity contribution in [3.63, 3.8) is 0 Å². The first-order valence-electron chi connectivity index (χ1n) is 11.4. The van der Waals surface area contributed by atoms with Gasteiger partial charge in [0.05, 0.1) is 11.9 Å². The van der Waals surface area contributed by atoms with Crippen LogP contribution in [0.4, 0.5) is 13.2 Å². The molecule has 0 aromatic heterocycles. The van der Waals surface area contributed by atoms with Gasteiger partial charge in [-0.15, -0.1) is 0 Å². The maximum absolute atomic E-state index is 13.4. The third kappa shape index (κ3) is 6.78. The standard InChI is InChI=1S/C26H31F3N2/c1-2-3-4-6-9-19-12-14-22(15-13-19)26(21-10-7-5-8-11-21)31-30-18-20-16-23(27)25(29)24(28)17-20/h5,7-8,10-11,16-19,22H,2-4,6,9,12-15H2,1H3. The summed E-state index contributed by atoms with van der Waals surface area (Å²) in [6.07, 6.45) is 12.3. The van der Waals surface area contributed by atoms with Crippen LogP contribution in [0.5, 0.6) is 0 Å². The first-order chi connectivity index (χ1) is 15.1. The first-order valence-corrected chi connectivity index (χ1v) is 11.4. The Bertz CT molecular complexity index is 862. The molecule has 3 rings (SSSR count). The maximum atomic E-state index is 13.4. The van der Waals surface area contributed by atoms with Gasteiger partial charge < -0.3 is 0 Å². The Morgan fingerprint density at radius 2 is 1.61 bits per heavy atom. The van der Waals surface area contributed by atoms with Crippen molar-refractivity contribution >= 4 is 11.9 Å². The molecule has 0 N–H and O–H groups in total. The van der Waals surface area contributed by atoms with Crippen molar-refractivity contribution in [1.29, 1.82) is 0 Å². The van der Waals surface area contributed by atoms with E-state index in [1.54, 1.807) is 0 Å². The molecule has 2 nitrogen and oxygen atoms in total. The van der Waals surface area contributed by atoms with Gasteiger partial charge in [0.15, 0.2) is 17.5 Å². The molecule has 0 spiro atoms. The van der Waals surface area contributed by atoms with E-state index in [-0.39, 0.29) is 5.56 Å². The summed E-state index contributed by atoms with van der Waals surface area (Å²) in [6, 6.07) is 11.8. The molecule has 0 bridgehead atoms. The predicted octanol–water partition coefficient (Wildman–Crippen LogP) is 7.70. The fraction of sp³-hybridized carbons (Fsp3) is 0.462. The van der Waals surface area contributed by atoms with Crippen LogP contribution in [0.2, 0.25) is 0 Å². The second-order valence-corrected chi connectivity index (χ2v) is 8.46. The van der Waals surface area contributed by atoms with Crippen LogP contribution in [-0.2, 0) is 0 Å². The Morgan fingerprint density at radius 3 is 2.26 bits per heavy atom. The number of hydrogen-bond donors (Lipinski definition) is 0. The molecule has 0 unspecified atom stereocenters. The zero-order valence-corrected chi connectivity index (χ0v) is 18.2. The third-order valence-corrected chi connectivity index (χ3v) is 6.15. The van der Waals surface area contributed by atoms with E-state index >= 15 is 0 Å². The van der Waals surface area contributed by atoms with Crippen LogP contribution in [0.1, 0.15) is 75.8 Å². The molecule has 2 aromatic rings. The van der Waals surface area contributed by atoms with E-state index in [0.29, 0.717) is 5.92 Å². The van der Waals surface area contributed by atoms with E-state index in [0.717, 1.165) is 42.2 Å². The van der Waals surface area contributed by atoms with E-state index in [4.69, 9.17) is 0 Å². The number of hydrogen-bond acceptors (Lipinski definition) is 2. The highest BCUT2D eigenvalue weighted by molar-refractivity contribution is 6.02. The molecular weight excluding hydrogens is 397 g/mol. The number of benzene rings is 2. The molecule has 1 aliphatic carbocycles. The number of halogens is 3. The highest BCUT2D eigenvalue weighted by atomic mass is 19.2. The van der Waals surface area contributed by atoms with Crippen molar-refractivity contribution < 1.29 is 13.2 Å². The van der Waals surface area contributed by atoms with Gasteiger partial charge in [0.1, 0.15) is 0 Å². The normalized spacial score (nSPS) is 19.8. The number of unbranched alkanes of at least 4 members (excludes halogenated alkanes) is 3. The minimum absolute atomic E-state index is 0.142. The maximum Gasteiger partial charge on any atom is 0.194 e. The molecule has 0 atom stereocenters. The van der Waals surface area contributed by atoms with Crippen LogP contribution in [0.25, 0.3) is 0 Å². The predicted molar refractivity (Wildman–Crippen MR) is 121 cm³/mol. The Hall–Kier alpha value is -2.43. The Labute approximate surface area is 183 Å². The molecule has 0 saturated heterocycles. The van der Waals surface area contributed by atoms with Crippen LogP contribution >= 0.6 is 0 Å². The Morgan fingerprint density at radius 1 is 0.935 bits per heavy atom. The van der Waals surface area contributed by atoms with Gasteiger partial charge in [-0.25, -0.2) is 13.2 Å². The molecule has 0 radical (unpaired) electrons. The summed E-state index contributed by atoms with van der Waals surface area (Å²) in [4.78, 5) is 0. The molecule has 2 aromatic carbocycles. The van der Waals surface area contributed by atoms with Crippen molar-refractivity contribution in [1.82, 2.24) is 0 Å². The molecule has 0 aliphatic heterocycles. The molecule has 0 heterocycles. The minimum atomic E-state index is -1.47. The van der Waals surface area contributed by atoms with E-state index in [1.165, 1.54) is 51.2 Å². The zero-order chi connectivity index (χ0) is 22.1. The summed E-state index contributed by atoms with van der Waals surface area (Å²) in [7, 11) is 0. The van der Waals surface area contributed by atoms with E-state index < -0.39 is 17.5 Å². The van der Waals surface area contributed by atoms with E-state index in [9.17, 15) is 13.2 Å². The Kier molecular flexibility index (Phi) is 8.86. The molecular formula is C26H31F3N2. The second kappa shape index (κ2) is 11.8. The summed E-state index contributed by atoms with van der Waals surface area (Å²) >= 11 is 0. The van der Waals surface area contributed by atoms with Crippen LogP contribution in [0.15, 0.2) is 52.7 Å². The molecule has 1 saturated carbocycles. The van der Waals surface area contributed by atoms with Gasteiger partial charge in [-0.1, -0.05) is 69.4 Å². The van der Waals surface area contributed by atoms with Gasteiger partial charge in [-0.2, -0.15) is 10.2 Å². The van der Waals surface area contributed by atoms with Crippen LogP contribution in [0.3, 0.4) is 0 Å². The molecule has 1 fully saturated rings. The lowest BCUT2D eigenvalue weighted by molar-refractivity contribution is 0.298. The fourth-order valence-electron chi connectivity index (χ4n) is 4.38. The van der Waals surface area contributed by atoms with Crippen molar-refractivity contribution in [3.05, 3.63) is 71.0 Å². The average Bonchev–Trinajstić information content (AvgIpc) is 2.79. The van der Waals surface area contributed by atoms with Gasteiger partial charge >= 0.3 is 0 Å². The monoisotopic (exact) mass is 428 g/mol. The molecule has 31 heavy (non-hydrogen) atoms. The van der Waals surface area contributed by atoms with Crippen molar-refractivity contribution in [2.24, 2.45) is 22.0 Å². The summed E-state index contributed by atoms with van der Waals surface area (Å²) in [6.45, 7) is 2.24. The van der Waals surface area contributed by atoms with Gasteiger partial charge in [-0.05, 0) is 49.3 Å². The van der Waals surface area contributed by atoms with Crippen molar-refractivity contribution in [3.8, 4) is 0 Å². The first kappa shape index (κ1) is 23.2. The van der Waals surface area contributed by atoms with Gasteiger partial charge in [0, 0.05) is 11.5 Å². The summed E-state index contributed by atoms with van der Waals surface area (Å²) < 4.78 is 40.0. The van der Waals surface area contributed by atoms with Crippen LogP contribution in [-0.4, -0.2) is 11.9 Å². The number of nitrogens with zero attached hydrogens (tertiary/aromatic N) is 2. The molecule has 0 amide bonds.